The Morgan fingerprint density at radius 3 is 2.65 bits per heavy atom. The molecule has 2 aliphatic heterocycles. The SMILES string of the molecule is O=C1CC2(CCN(CC(O)COc3cc(-c4ccoc4)c4ccccc4c3)CC2)CN1.O=CO. The molecule has 34 heavy (non-hydrogen) atoms. The average molecular weight is 467 g/mol. The highest BCUT2D eigenvalue weighted by Crippen LogP contribution is 2.37. The van der Waals surface area contributed by atoms with Crippen LogP contribution in [0.25, 0.3) is 21.9 Å². The number of nitrogens with one attached hydrogen (secondary N) is 1. The summed E-state index contributed by atoms with van der Waals surface area (Å²) in [5.74, 6) is 0.911. The number of fused-ring (bicyclic) bond motifs is 1. The predicted molar refractivity (Wildman–Crippen MR) is 128 cm³/mol. The van der Waals surface area contributed by atoms with Crippen LogP contribution < -0.4 is 10.1 Å². The van der Waals surface area contributed by atoms with Crippen molar-refractivity contribution in [3.05, 3.63) is 55.0 Å². The van der Waals surface area contributed by atoms with Crippen molar-refractivity contribution < 1.29 is 29.0 Å². The first-order chi connectivity index (χ1) is 16.5. The number of nitrogens with zero attached hydrogens (tertiary/aromatic N) is 1. The summed E-state index contributed by atoms with van der Waals surface area (Å²) < 4.78 is 11.3. The third-order valence-corrected chi connectivity index (χ3v) is 6.69. The lowest BCUT2D eigenvalue weighted by atomic mass is 9.77. The van der Waals surface area contributed by atoms with E-state index < -0.39 is 6.10 Å². The number of carbonyl (C=O) groups excluding carboxylic acids is 1. The fraction of sp³-hybridized carbons (Fsp3) is 0.385. The van der Waals surface area contributed by atoms with Gasteiger partial charge in [-0.3, -0.25) is 9.59 Å². The molecule has 1 amide bonds. The number of carbonyl (C=O) groups is 2. The fourth-order valence-electron chi connectivity index (χ4n) is 4.88. The van der Waals surface area contributed by atoms with Gasteiger partial charge in [-0.2, -0.15) is 0 Å². The molecule has 5 rings (SSSR count). The summed E-state index contributed by atoms with van der Waals surface area (Å²) in [6.07, 6.45) is 5.48. The standard InChI is InChI=1S/C25H28N2O4.CH2O2/c28-20(14-27-8-6-25(7-9-27)13-24(29)26-17-25)16-31-21-11-18-3-1-2-4-22(18)23(12-21)19-5-10-30-15-19;2-1-3/h1-5,10-12,15,20,28H,6-9,13-14,16-17H2,(H,26,29);1H,(H,2,3). The molecule has 8 nitrogen and oxygen atoms in total. The Balaban J connectivity index is 0.000000868. The quantitative estimate of drug-likeness (QED) is 0.479. The second-order valence-corrected chi connectivity index (χ2v) is 9.03. The Hall–Kier alpha value is -3.36. The number of hydrogen-bond donors (Lipinski definition) is 3. The largest absolute Gasteiger partial charge is 0.491 e. The zero-order chi connectivity index (χ0) is 24.0. The van der Waals surface area contributed by atoms with E-state index in [0.717, 1.165) is 60.1 Å². The molecule has 3 N–H and O–H groups in total. The summed E-state index contributed by atoms with van der Waals surface area (Å²) in [5.41, 5.74) is 2.19. The van der Waals surface area contributed by atoms with Gasteiger partial charge in [0, 0.05) is 25.1 Å². The molecule has 1 atom stereocenters. The maximum Gasteiger partial charge on any atom is 0.290 e. The molecule has 2 aliphatic rings. The van der Waals surface area contributed by atoms with Crippen LogP contribution in [0.15, 0.2) is 59.4 Å². The van der Waals surface area contributed by atoms with E-state index in [4.69, 9.17) is 19.1 Å². The van der Waals surface area contributed by atoms with Gasteiger partial charge in [-0.25, -0.2) is 0 Å². The van der Waals surface area contributed by atoms with Gasteiger partial charge in [-0.1, -0.05) is 24.3 Å². The topological polar surface area (TPSA) is 112 Å². The van der Waals surface area contributed by atoms with Crippen molar-refractivity contribution in [1.82, 2.24) is 10.2 Å². The van der Waals surface area contributed by atoms with E-state index in [1.807, 2.05) is 30.3 Å². The maximum absolute atomic E-state index is 11.6. The summed E-state index contributed by atoms with van der Waals surface area (Å²) >= 11 is 0. The van der Waals surface area contributed by atoms with Gasteiger partial charge in [0.1, 0.15) is 18.5 Å². The highest BCUT2D eigenvalue weighted by Gasteiger charge is 2.40. The first-order valence-electron chi connectivity index (χ1n) is 11.4. The van der Waals surface area contributed by atoms with Crippen LogP contribution in [0.1, 0.15) is 19.3 Å². The highest BCUT2D eigenvalue weighted by molar-refractivity contribution is 5.97. The predicted octanol–water partition coefficient (Wildman–Crippen LogP) is 3.14. The van der Waals surface area contributed by atoms with E-state index in [1.54, 1.807) is 12.5 Å². The van der Waals surface area contributed by atoms with E-state index in [1.165, 1.54) is 0 Å². The molecule has 1 aromatic heterocycles. The van der Waals surface area contributed by atoms with E-state index in [9.17, 15) is 9.90 Å². The summed E-state index contributed by atoms with van der Waals surface area (Å²) in [6.45, 7) is 3.19. The second kappa shape index (κ2) is 10.7. The van der Waals surface area contributed by atoms with Crippen LogP contribution in [0.5, 0.6) is 5.75 Å². The Morgan fingerprint density at radius 2 is 1.97 bits per heavy atom. The molecule has 2 saturated heterocycles. The fourth-order valence-corrected chi connectivity index (χ4v) is 4.88. The van der Waals surface area contributed by atoms with E-state index in [-0.39, 0.29) is 24.4 Å². The molecule has 1 spiro atoms. The van der Waals surface area contributed by atoms with Crippen LogP contribution in [0.3, 0.4) is 0 Å². The molecule has 1 unspecified atom stereocenters. The Kier molecular flexibility index (Phi) is 7.49. The first kappa shape index (κ1) is 23.8. The van der Waals surface area contributed by atoms with Gasteiger partial charge >= 0.3 is 0 Å². The van der Waals surface area contributed by atoms with Crippen LogP contribution in [0.4, 0.5) is 0 Å². The van der Waals surface area contributed by atoms with Crippen LogP contribution in [-0.4, -0.2) is 66.4 Å². The smallest absolute Gasteiger partial charge is 0.290 e. The number of carboxylic acid groups (broad SMARTS) is 1. The van der Waals surface area contributed by atoms with Crippen LogP contribution in [0, 0.1) is 5.41 Å². The molecule has 3 aromatic rings. The number of amides is 1. The Bertz CT molecular complexity index is 1110. The van der Waals surface area contributed by atoms with Crippen LogP contribution in [-0.2, 0) is 9.59 Å². The number of aliphatic hydroxyl groups is 1. The van der Waals surface area contributed by atoms with Crippen LogP contribution in [0.2, 0.25) is 0 Å². The molecule has 0 bridgehead atoms. The molecule has 0 saturated carbocycles. The third-order valence-electron chi connectivity index (χ3n) is 6.69. The Morgan fingerprint density at radius 1 is 1.21 bits per heavy atom. The zero-order valence-corrected chi connectivity index (χ0v) is 19.0. The first-order valence-corrected chi connectivity index (χ1v) is 11.4. The monoisotopic (exact) mass is 466 g/mol. The maximum atomic E-state index is 11.6. The lowest BCUT2D eigenvalue weighted by molar-refractivity contribution is -0.123. The minimum atomic E-state index is -0.568. The minimum Gasteiger partial charge on any atom is -0.491 e. The van der Waals surface area contributed by atoms with E-state index >= 15 is 0 Å². The molecule has 0 aliphatic carbocycles. The number of piperidine rings is 1. The van der Waals surface area contributed by atoms with Crippen molar-refractivity contribution in [3.8, 4) is 16.9 Å². The normalized spacial score (nSPS) is 18.2. The van der Waals surface area contributed by atoms with Crippen molar-refractivity contribution in [1.29, 1.82) is 0 Å². The van der Waals surface area contributed by atoms with Crippen molar-refractivity contribution in [2.24, 2.45) is 5.41 Å². The molecular formula is C26H30N2O6. The average Bonchev–Trinajstić information content (AvgIpc) is 3.50. The number of β-amino-alcohol motifs (C(OH)–C–C–N with tert-alkyl or cyclic N) is 1. The van der Waals surface area contributed by atoms with Crippen molar-refractivity contribution >= 4 is 23.2 Å². The number of benzene rings is 2. The van der Waals surface area contributed by atoms with Gasteiger partial charge in [-0.05, 0) is 65.9 Å². The van der Waals surface area contributed by atoms with Gasteiger partial charge < -0.3 is 29.6 Å². The third kappa shape index (κ3) is 5.58. The second-order valence-electron chi connectivity index (χ2n) is 9.03. The minimum absolute atomic E-state index is 0.129. The number of ether oxygens (including phenoxy) is 1. The van der Waals surface area contributed by atoms with Gasteiger partial charge in [-0.15, -0.1) is 0 Å². The molecule has 2 fully saturated rings. The molecule has 8 heteroatoms. The summed E-state index contributed by atoms with van der Waals surface area (Å²) in [6, 6.07) is 14.2. The number of rotatable bonds is 6. The summed E-state index contributed by atoms with van der Waals surface area (Å²) in [5, 5.41) is 22.7. The van der Waals surface area contributed by atoms with Gasteiger partial charge in [0.2, 0.25) is 5.91 Å². The van der Waals surface area contributed by atoms with Gasteiger partial charge in [0.05, 0.1) is 12.5 Å². The van der Waals surface area contributed by atoms with E-state index in [0.29, 0.717) is 13.0 Å². The molecule has 180 valence electrons. The van der Waals surface area contributed by atoms with E-state index in [2.05, 4.69) is 22.3 Å². The van der Waals surface area contributed by atoms with Crippen molar-refractivity contribution in [2.45, 2.75) is 25.4 Å². The number of aliphatic hydroxyl groups excluding tert-OH is 1. The zero-order valence-electron chi connectivity index (χ0n) is 19.0. The number of hydrogen-bond acceptors (Lipinski definition) is 6. The highest BCUT2D eigenvalue weighted by atomic mass is 16.5. The molecular weight excluding hydrogens is 436 g/mol. The lowest BCUT2D eigenvalue weighted by Gasteiger charge is -2.38. The molecule has 3 heterocycles. The van der Waals surface area contributed by atoms with Gasteiger partial charge in [0.25, 0.3) is 6.47 Å². The summed E-state index contributed by atoms with van der Waals surface area (Å²) in [4.78, 5) is 22.2. The van der Waals surface area contributed by atoms with Crippen molar-refractivity contribution in [2.75, 3.05) is 32.8 Å². The number of likely N-dealkylation sites (tertiary alicyclic amines) is 1. The number of furan rings is 1. The molecule has 0 radical (unpaired) electrons. The Labute approximate surface area is 198 Å². The summed E-state index contributed by atoms with van der Waals surface area (Å²) in [7, 11) is 0. The lowest BCUT2D eigenvalue weighted by Crippen LogP contribution is -2.45. The molecule has 2 aromatic carbocycles. The van der Waals surface area contributed by atoms with Crippen molar-refractivity contribution in [3.63, 3.8) is 0 Å². The van der Waals surface area contributed by atoms with Crippen LogP contribution >= 0.6 is 0 Å². The van der Waals surface area contributed by atoms with Gasteiger partial charge in [0.15, 0.2) is 0 Å².